The van der Waals surface area contributed by atoms with Gasteiger partial charge in [-0.25, -0.2) is 8.42 Å². The Morgan fingerprint density at radius 3 is 1.78 bits per heavy atom. The molecule has 0 unspecified atom stereocenters. The fourth-order valence-corrected chi connectivity index (χ4v) is 4.50. The lowest BCUT2D eigenvalue weighted by Crippen LogP contribution is -2.60. The van der Waals surface area contributed by atoms with Gasteiger partial charge in [-0.2, -0.15) is 8.42 Å². The maximum Gasteiger partial charge on any atom is 0.272 e. The van der Waals surface area contributed by atoms with Crippen LogP contribution in [0.1, 0.15) is 41.0 Å². The van der Waals surface area contributed by atoms with Crippen molar-refractivity contribution in [1.82, 2.24) is 4.72 Å². The number of rotatable bonds is 5. The Bertz CT molecular complexity index is 533. The zero-order chi connectivity index (χ0) is 15.0. The largest absolute Gasteiger partial charge is 0.285 e. The van der Waals surface area contributed by atoms with E-state index in [0.717, 1.165) is 27.7 Å². The topological polar surface area (TPSA) is 118 Å². The second-order valence-corrected chi connectivity index (χ2v) is 8.81. The number of hydrogen-bond acceptors (Lipinski definition) is 5. The molecule has 2 N–H and O–H groups in total. The number of sulfonamides is 1. The maximum atomic E-state index is 12.0. The Kier molecular flexibility index (Phi) is 4.60. The third-order valence-electron chi connectivity index (χ3n) is 3.47. The molecule has 9 heteroatoms. The number of amides is 1. The summed E-state index contributed by atoms with van der Waals surface area (Å²) >= 11 is 0. The van der Waals surface area contributed by atoms with E-state index in [1.54, 1.807) is 4.72 Å². The van der Waals surface area contributed by atoms with Crippen LogP contribution in [0.2, 0.25) is 0 Å². The van der Waals surface area contributed by atoms with Gasteiger partial charge in [0.05, 0.1) is 0 Å². The van der Waals surface area contributed by atoms with Gasteiger partial charge in [-0.1, -0.05) is 6.92 Å². The van der Waals surface area contributed by atoms with E-state index in [-0.39, 0.29) is 6.42 Å². The van der Waals surface area contributed by atoms with Gasteiger partial charge >= 0.3 is 0 Å². The average molecular weight is 301 g/mol. The molecule has 1 atom stereocenters. The van der Waals surface area contributed by atoms with E-state index in [2.05, 4.69) is 0 Å². The summed E-state index contributed by atoms with van der Waals surface area (Å²) in [6, 6.07) is 0. The van der Waals surface area contributed by atoms with Crippen LogP contribution in [0.3, 0.4) is 0 Å². The molecule has 18 heavy (non-hydrogen) atoms. The van der Waals surface area contributed by atoms with Crippen LogP contribution in [-0.2, 0) is 24.9 Å². The molecule has 0 radical (unpaired) electrons. The van der Waals surface area contributed by atoms with E-state index < -0.39 is 35.5 Å². The van der Waals surface area contributed by atoms with Crippen LogP contribution in [0.4, 0.5) is 0 Å². The summed E-state index contributed by atoms with van der Waals surface area (Å²) in [5.41, 5.74) is 0. The number of carbonyl (C=O) groups is 1. The van der Waals surface area contributed by atoms with Gasteiger partial charge in [-0.15, -0.1) is 0 Å². The Balaban J connectivity index is 6.00. The fourth-order valence-electron chi connectivity index (χ4n) is 1.52. The van der Waals surface area contributed by atoms with Gasteiger partial charge in [0.15, 0.2) is 0 Å². The third kappa shape index (κ3) is 2.67. The summed E-state index contributed by atoms with van der Waals surface area (Å²) in [7, 11) is -8.87. The van der Waals surface area contributed by atoms with Crippen molar-refractivity contribution in [2.45, 2.75) is 50.5 Å². The summed E-state index contributed by atoms with van der Waals surface area (Å²) < 4.78 is 54.1. The molecule has 0 aliphatic heterocycles. The molecule has 0 aromatic rings. The molecular weight excluding hydrogens is 282 g/mol. The standard InChI is InChI=1S/C9H19NO6S2/c1-6-9(5,18(14,15)16)8(3,4)17(12,13)10-7(2)11/h6H2,1-5H3,(H,10,11)(H,14,15,16)/t9-/m1/s1. The van der Waals surface area contributed by atoms with Crippen LogP contribution in [0.25, 0.3) is 0 Å². The van der Waals surface area contributed by atoms with E-state index in [0.29, 0.717) is 0 Å². The minimum Gasteiger partial charge on any atom is -0.285 e. The summed E-state index contributed by atoms with van der Waals surface area (Å²) in [5.74, 6) is -0.822. The van der Waals surface area contributed by atoms with Gasteiger partial charge in [0.2, 0.25) is 15.9 Å². The van der Waals surface area contributed by atoms with E-state index >= 15 is 0 Å². The van der Waals surface area contributed by atoms with Crippen molar-refractivity contribution in [3.63, 3.8) is 0 Å². The predicted molar refractivity (Wildman–Crippen MR) is 67.1 cm³/mol. The van der Waals surface area contributed by atoms with Crippen LogP contribution >= 0.6 is 0 Å². The molecule has 0 heterocycles. The number of carbonyl (C=O) groups excluding carboxylic acids is 1. The molecule has 0 saturated carbocycles. The monoisotopic (exact) mass is 301 g/mol. The highest BCUT2D eigenvalue weighted by molar-refractivity contribution is 7.94. The van der Waals surface area contributed by atoms with Gasteiger partial charge in [0.1, 0.15) is 9.49 Å². The van der Waals surface area contributed by atoms with E-state index in [1.807, 2.05) is 0 Å². The Morgan fingerprint density at radius 2 is 1.56 bits per heavy atom. The number of hydrogen-bond donors (Lipinski definition) is 2. The SMILES string of the molecule is CC[C@](C)(C(C)(C)S(=O)(=O)NC(C)=O)S(=O)(=O)O. The van der Waals surface area contributed by atoms with Crippen molar-refractivity contribution >= 4 is 26.0 Å². The predicted octanol–water partition coefficient (Wildman–Crippen LogP) is 0.287. The van der Waals surface area contributed by atoms with Crippen molar-refractivity contribution < 1.29 is 26.2 Å². The second-order valence-electron chi connectivity index (χ2n) is 4.73. The molecule has 0 bridgehead atoms. The first-order chi connectivity index (χ1) is 7.73. The van der Waals surface area contributed by atoms with Crippen molar-refractivity contribution in [2.75, 3.05) is 0 Å². The summed E-state index contributed by atoms with van der Waals surface area (Å²) in [4.78, 5) is 10.9. The van der Waals surface area contributed by atoms with E-state index in [9.17, 15) is 26.2 Å². The normalized spacial score (nSPS) is 17.0. The van der Waals surface area contributed by atoms with Crippen molar-refractivity contribution in [3.8, 4) is 0 Å². The first-order valence-corrected chi connectivity index (χ1v) is 8.15. The molecule has 0 rings (SSSR count). The van der Waals surface area contributed by atoms with Crippen LogP contribution in [0, 0.1) is 0 Å². The first-order valence-electron chi connectivity index (χ1n) is 5.23. The van der Waals surface area contributed by atoms with Gasteiger partial charge in [0.25, 0.3) is 10.1 Å². The van der Waals surface area contributed by atoms with E-state index in [4.69, 9.17) is 0 Å². The highest BCUT2D eigenvalue weighted by Gasteiger charge is 2.57. The summed E-state index contributed by atoms with van der Waals surface area (Å²) in [5, 5.41) is 0. The maximum absolute atomic E-state index is 12.0. The Labute approximate surface area is 108 Å². The molecule has 0 aromatic heterocycles. The summed E-state index contributed by atoms with van der Waals surface area (Å²) in [6.07, 6.45) is -0.127. The molecule has 108 valence electrons. The lowest BCUT2D eigenvalue weighted by molar-refractivity contribution is -0.117. The fraction of sp³-hybridized carbons (Fsp3) is 0.889. The van der Waals surface area contributed by atoms with Gasteiger partial charge < -0.3 is 0 Å². The van der Waals surface area contributed by atoms with Crippen molar-refractivity contribution in [1.29, 1.82) is 0 Å². The lowest BCUT2D eigenvalue weighted by Gasteiger charge is -2.39. The van der Waals surface area contributed by atoms with Gasteiger partial charge in [-0.3, -0.25) is 14.1 Å². The molecule has 1 amide bonds. The third-order valence-corrected chi connectivity index (χ3v) is 7.88. The highest BCUT2D eigenvalue weighted by Crippen LogP contribution is 2.38. The smallest absolute Gasteiger partial charge is 0.272 e. The van der Waals surface area contributed by atoms with Crippen molar-refractivity contribution in [3.05, 3.63) is 0 Å². The second kappa shape index (κ2) is 4.78. The minimum atomic E-state index is -4.62. The quantitative estimate of drug-likeness (QED) is 0.705. The zero-order valence-electron chi connectivity index (χ0n) is 11.0. The van der Waals surface area contributed by atoms with Gasteiger partial charge in [-0.05, 0) is 27.2 Å². The average Bonchev–Trinajstić information content (AvgIpc) is 2.11. The lowest BCUT2D eigenvalue weighted by atomic mass is 9.93. The Hall–Kier alpha value is -0.670. The number of nitrogens with one attached hydrogen (secondary N) is 1. The van der Waals surface area contributed by atoms with Crippen LogP contribution in [0.15, 0.2) is 0 Å². The molecular formula is C9H19NO6S2. The summed E-state index contributed by atoms with van der Waals surface area (Å²) in [6.45, 7) is 5.87. The molecule has 7 nitrogen and oxygen atoms in total. The zero-order valence-corrected chi connectivity index (χ0v) is 12.6. The van der Waals surface area contributed by atoms with Gasteiger partial charge in [0, 0.05) is 6.92 Å². The molecule has 0 spiro atoms. The van der Waals surface area contributed by atoms with Crippen LogP contribution in [0.5, 0.6) is 0 Å². The molecule has 0 aliphatic rings. The van der Waals surface area contributed by atoms with Crippen LogP contribution < -0.4 is 4.72 Å². The van der Waals surface area contributed by atoms with Crippen LogP contribution in [-0.4, -0.2) is 36.8 Å². The van der Waals surface area contributed by atoms with Crippen molar-refractivity contribution in [2.24, 2.45) is 0 Å². The minimum absolute atomic E-state index is 0.127. The highest BCUT2D eigenvalue weighted by atomic mass is 32.2. The molecule has 0 aromatic carbocycles. The molecule has 0 saturated heterocycles. The molecule has 0 aliphatic carbocycles. The van der Waals surface area contributed by atoms with E-state index in [1.165, 1.54) is 6.92 Å². The molecule has 0 fully saturated rings. The first kappa shape index (κ1) is 17.3. The Morgan fingerprint density at radius 1 is 1.17 bits per heavy atom.